The standard InChI is InChI=1S/C14H17FN4O/c1-20-10-2-3-11(12(15)7-10)14-18-17-13-6-9(8-16)4-5-19(13)14/h2-3,7,9H,4-6,8,16H2,1H3. The van der Waals surface area contributed by atoms with Gasteiger partial charge in [-0.15, -0.1) is 10.2 Å². The van der Waals surface area contributed by atoms with E-state index in [1.165, 1.54) is 13.2 Å². The molecule has 0 saturated carbocycles. The summed E-state index contributed by atoms with van der Waals surface area (Å²) in [6.45, 7) is 1.43. The maximum Gasteiger partial charge on any atom is 0.166 e. The van der Waals surface area contributed by atoms with Crippen LogP contribution in [0.2, 0.25) is 0 Å². The fourth-order valence-corrected chi connectivity index (χ4v) is 2.60. The molecule has 1 unspecified atom stereocenters. The molecule has 0 aliphatic carbocycles. The van der Waals surface area contributed by atoms with Crippen LogP contribution >= 0.6 is 0 Å². The zero-order valence-electron chi connectivity index (χ0n) is 11.3. The number of halogens is 1. The first-order valence-corrected chi connectivity index (χ1v) is 6.69. The second kappa shape index (κ2) is 5.20. The zero-order chi connectivity index (χ0) is 14.1. The molecular weight excluding hydrogens is 259 g/mol. The first-order valence-electron chi connectivity index (χ1n) is 6.69. The Morgan fingerprint density at radius 1 is 1.45 bits per heavy atom. The van der Waals surface area contributed by atoms with Gasteiger partial charge < -0.3 is 15.0 Å². The Hall–Kier alpha value is -1.95. The topological polar surface area (TPSA) is 66.0 Å². The lowest BCUT2D eigenvalue weighted by atomic mass is 9.98. The minimum Gasteiger partial charge on any atom is -0.497 e. The number of hydrogen-bond donors (Lipinski definition) is 1. The molecule has 1 aromatic heterocycles. The highest BCUT2D eigenvalue weighted by Gasteiger charge is 2.24. The molecule has 1 aliphatic heterocycles. The van der Waals surface area contributed by atoms with E-state index in [2.05, 4.69) is 10.2 Å². The Labute approximate surface area is 116 Å². The molecule has 0 spiro atoms. The number of benzene rings is 1. The summed E-state index contributed by atoms with van der Waals surface area (Å²) in [6.07, 6.45) is 1.79. The van der Waals surface area contributed by atoms with Gasteiger partial charge in [0, 0.05) is 19.0 Å². The van der Waals surface area contributed by atoms with Crippen molar-refractivity contribution in [1.29, 1.82) is 0 Å². The maximum absolute atomic E-state index is 14.1. The molecule has 2 heterocycles. The van der Waals surface area contributed by atoms with Gasteiger partial charge in [-0.25, -0.2) is 4.39 Å². The summed E-state index contributed by atoms with van der Waals surface area (Å²) in [7, 11) is 1.51. The van der Waals surface area contributed by atoms with Gasteiger partial charge in [-0.05, 0) is 31.0 Å². The molecule has 106 valence electrons. The lowest BCUT2D eigenvalue weighted by Crippen LogP contribution is -2.25. The van der Waals surface area contributed by atoms with Crippen molar-refractivity contribution in [2.24, 2.45) is 11.7 Å². The molecule has 0 radical (unpaired) electrons. The number of nitrogens with two attached hydrogens (primary N) is 1. The third kappa shape index (κ3) is 2.16. The lowest BCUT2D eigenvalue weighted by molar-refractivity contribution is 0.391. The number of aromatic nitrogens is 3. The molecule has 1 atom stereocenters. The Kier molecular flexibility index (Phi) is 3.40. The molecule has 1 aliphatic rings. The van der Waals surface area contributed by atoms with Crippen molar-refractivity contribution in [3.8, 4) is 17.1 Å². The van der Waals surface area contributed by atoms with Gasteiger partial charge in [0.05, 0.1) is 12.7 Å². The van der Waals surface area contributed by atoms with Crippen LogP contribution in [0.25, 0.3) is 11.4 Å². The summed E-state index contributed by atoms with van der Waals surface area (Å²) >= 11 is 0. The van der Waals surface area contributed by atoms with Crippen molar-refractivity contribution in [3.63, 3.8) is 0 Å². The van der Waals surface area contributed by atoms with E-state index in [4.69, 9.17) is 10.5 Å². The molecule has 6 heteroatoms. The quantitative estimate of drug-likeness (QED) is 0.925. The molecule has 3 rings (SSSR count). The van der Waals surface area contributed by atoms with Crippen LogP contribution in [-0.2, 0) is 13.0 Å². The molecule has 0 fully saturated rings. The molecule has 20 heavy (non-hydrogen) atoms. The minimum absolute atomic E-state index is 0.347. The fraction of sp³-hybridized carbons (Fsp3) is 0.429. The van der Waals surface area contributed by atoms with E-state index >= 15 is 0 Å². The molecule has 2 N–H and O–H groups in total. The number of rotatable bonds is 3. The minimum atomic E-state index is -0.347. The van der Waals surface area contributed by atoms with E-state index in [0.29, 0.717) is 29.6 Å². The highest BCUT2D eigenvalue weighted by atomic mass is 19.1. The van der Waals surface area contributed by atoms with E-state index in [1.54, 1.807) is 12.1 Å². The summed E-state index contributed by atoms with van der Waals surface area (Å²) in [4.78, 5) is 0. The average molecular weight is 276 g/mol. The van der Waals surface area contributed by atoms with Crippen molar-refractivity contribution >= 4 is 0 Å². The third-order valence-electron chi connectivity index (χ3n) is 3.81. The largest absolute Gasteiger partial charge is 0.497 e. The second-order valence-electron chi connectivity index (χ2n) is 5.03. The third-order valence-corrected chi connectivity index (χ3v) is 3.81. The Balaban J connectivity index is 1.98. The predicted molar refractivity (Wildman–Crippen MR) is 72.8 cm³/mol. The smallest absolute Gasteiger partial charge is 0.166 e. The highest BCUT2D eigenvalue weighted by molar-refractivity contribution is 5.58. The van der Waals surface area contributed by atoms with Crippen molar-refractivity contribution in [1.82, 2.24) is 14.8 Å². The Morgan fingerprint density at radius 2 is 2.30 bits per heavy atom. The van der Waals surface area contributed by atoms with Crippen molar-refractivity contribution < 1.29 is 9.13 Å². The molecule has 5 nitrogen and oxygen atoms in total. The van der Waals surface area contributed by atoms with Gasteiger partial charge in [-0.3, -0.25) is 0 Å². The van der Waals surface area contributed by atoms with Crippen LogP contribution in [0, 0.1) is 11.7 Å². The molecule has 1 aromatic carbocycles. The summed E-state index contributed by atoms with van der Waals surface area (Å²) in [5, 5.41) is 8.32. The fourth-order valence-electron chi connectivity index (χ4n) is 2.60. The number of fused-ring (bicyclic) bond motifs is 1. The second-order valence-corrected chi connectivity index (χ2v) is 5.03. The number of ether oxygens (including phenoxy) is 1. The van der Waals surface area contributed by atoms with Crippen LogP contribution in [0.4, 0.5) is 4.39 Å². The number of methoxy groups -OCH3 is 1. The van der Waals surface area contributed by atoms with Crippen molar-refractivity contribution in [3.05, 3.63) is 29.8 Å². The number of nitrogens with zero attached hydrogens (tertiary/aromatic N) is 3. The zero-order valence-corrected chi connectivity index (χ0v) is 11.3. The number of hydrogen-bond acceptors (Lipinski definition) is 4. The monoisotopic (exact) mass is 276 g/mol. The van der Waals surface area contributed by atoms with Crippen LogP contribution in [0.15, 0.2) is 18.2 Å². The predicted octanol–water partition coefficient (Wildman–Crippen LogP) is 1.61. The maximum atomic E-state index is 14.1. The van der Waals surface area contributed by atoms with Gasteiger partial charge in [0.25, 0.3) is 0 Å². The van der Waals surface area contributed by atoms with Gasteiger partial charge in [-0.2, -0.15) is 0 Å². The first-order chi connectivity index (χ1) is 9.72. The molecule has 0 amide bonds. The Morgan fingerprint density at radius 3 is 3.00 bits per heavy atom. The summed E-state index contributed by atoms with van der Waals surface area (Å²) in [6, 6.07) is 4.77. The van der Waals surface area contributed by atoms with Gasteiger partial charge in [0.1, 0.15) is 17.4 Å². The molecule has 0 saturated heterocycles. The lowest BCUT2D eigenvalue weighted by Gasteiger charge is -2.22. The van der Waals surface area contributed by atoms with Crippen LogP contribution in [0.3, 0.4) is 0 Å². The van der Waals surface area contributed by atoms with Crippen molar-refractivity contribution in [2.75, 3.05) is 13.7 Å². The van der Waals surface area contributed by atoms with E-state index in [1.807, 2.05) is 4.57 Å². The van der Waals surface area contributed by atoms with Crippen LogP contribution < -0.4 is 10.5 Å². The SMILES string of the molecule is COc1ccc(-c2nnc3n2CCC(CN)C3)c(F)c1. The summed E-state index contributed by atoms with van der Waals surface area (Å²) < 4.78 is 21.1. The average Bonchev–Trinajstić information content (AvgIpc) is 2.89. The van der Waals surface area contributed by atoms with Gasteiger partial charge >= 0.3 is 0 Å². The van der Waals surface area contributed by atoms with Gasteiger partial charge in [0.2, 0.25) is 0 Å². The van der Waals surface area contributed by atoms with Crippen LogP contribution in [-0.4, -0.2) is 28.4 Å². The summed E-state index contributed by atoms with van der Waals surface area (Å²) in [5.41, 5.74) is 6.16. The van der Waals surface area contributed by atoms with Crippen molar-refractivity contribution in [2.45, 2.75) is 19.4 Å². The molecular formula is C14H17FN4O. The van der Waals surface area contributed by atoms with E-state index < -0.39 is 0 Å². The highest BCUT2D eigenvalue weighted by Crippen LogP contribution is 2.28. The first kappa shape index (κ1) is 13.1. The Bertz CT molecular complexity index is 626. The van der Waals surface area contributed by atoms with E-state index in [-0.39, 0.29) is 5.82 Å². The normalized spacial score (nSPS) is 17.9. The van der Waals surface area contributed by atoms with E-state index in [9.17, 15) is 4.39 Å². The molecule has 2 aromatic rings. The van der Waals surface area contributed by atoms with Crippen LogP contribution in [0.5, 0.6) is 5.75 Å². The van der Waals surface area contributed by atoms with Crippen LogP contribution in [0.1, 0.15) is 12.2 Å². The molecule has 0 bridgehead atoms. The van der Waals surface area contributed by atoms with Gasteiger partial charge in [0.15, 0.2) is 5.82 Å². The van der Waals surface area contributed by atoms with E-state index in [0.717, 1.165) is 25.2 Å². The summed E-state index contributed by atoms with van der Waals surface area (Å²) in [5.74, 6) is 2.06. The van der Waals surface area contributed by atoms with Gasteiger partial charge in [-0.1, -0.05) is 0 Å².